The van der Waals surface area contributed by atoms with E-state index in [1.54, 1.807) is 6.33 Å². The third-order valence-electron chi connectivity index (χ3n) is 3.79. The molecule has 92 valence electrons. The molecule has 0 saturated carbocycles. The second kappa shape index (κ2) is 4.10. The Hall–Kier alpha value is -1.43. The SMILES string of the molecule is CC1NCCC1C(=O)N1CCn2cnnc2C1. The largest absolute Gasteiger partial charge is 0.333 e. The molecule has 6 nitrogen and oxygen atoms in total. The molecule has 0 radical (unpaired) electrons. The van der Waals surface area contributed by atoms with Crippen molar-refractivity contribution in [3.05, 3.63) is 12.2 Å². The number of rotatable bonds is 1. The molecule has 17 heavy (non-hydrogen) atoms. The van der Waals surface area contributed by atoms with Crippen LogP contribution in [0.25, 0.3) is 0 Å². The van der Waals surface area contributed by atoms with Gasteiger partial charge in [-0.15, -0.1) is 10.2 Å². The molecule has 3 heterocycles. The number of carbonyl (C=O) groups is 1. The maximum atomic E-state index is 12.4. The molecular weight excluding hydrogens is 218 g/mol. The van der Waals surface area contributed by atoms with E-state index in [0.717, 1.165) is 31.9 Å². The molecule has 1 saturated heterocycles. The summed E-state index contributed by atoms with van der Waals surface area (Å²) in [5, 5.41) is 11.2. The van der Waals surface area contributed by atoms with Gasteiger partial charge < -0.3 is 14.8 Å². The van der Waals surface area contributed by atoms with Crippen LogP contribution in [0.5, 0.6) is 0 Å². The monoisotopic (exact) mass is 235 g/mol. The molecule has 6 heteroatoms. The van der Waals surface area contributed by atoms with Crippen LogP contribution in [0, 0.1) is 5.92 Å². The van der Waals surface area contributed by atoms with E-state index in [-0.39, 0.29) is 11.8 Å². The van der Waals surface area contributed by atoms with Crippen molar-refractivity contribution in [3.8, 4) is 0 Å². The summed E-state index contributed by atoms with van der Waals surface area (Å²) in [7, 11) is 0. The third kappa shape index (κ3) is 1.82. The minimum atomic E-state index is 0.129. The Morgan fingerprint density at radius 1 is 1.53 bits per heavy atom. The first kappa shape index (κ1) is 10.7. The van der Waals surface area contributed by atoms with Gasteiger partial charge in [-0.25, -0.2) is 0 Å². The molecule has 1 aromatic rings. The van der Waals surface area contributed by atoms with Crippen LogP contribution in [0.3, 0.4) is 0 Å². The Bertz CT molecular complexity index is 429. The van der Waals surface area contributed by atoms with Crippen molar-refractivity contribution < 1.29 is 4.79 Å². The molecular formula is C11H17N5O. The van der Waals surface area contributed by atoms with Crippen molar-refractivity contribution in [2.45, 2.75) is 32.5 Å². The minimum absolute atomic E-state index is 0.129. The molecule has 1 N–H and O–H groups in total. The van der Waals surface area contributed by atoms with Gasteiger partial charge in [-0.1, -0.05) is 0 Å². The number of nitrogens with zero attached hydrogens (tertiary/aromatic N) is 4. The highest BCUT2D eigenvalue weighted by Crippen LogP contribution is 2.20. The standard InChI is InChI=1S/C11H17N5O/c1-8-9(2-3-12-8)11(17)15-4-5-16-7-13-14-10(16)6-15/h7-9,12H,2-6H2,1H3. The van der Waals surface area contributed by atoms with Gasteiger partial charge in [0.05, 0.1) is 12.5 Å². The maximum absolute atomic E-state index is 12.4. The second-order valence-electron chi connectivity index (χ2n) is 4.84. The Balaban J connectivity index is 1.72. The van der Waals surface area contributed by atoms with Gasteiger partial charge in [-0.05, 0) is 19.9 Å². The summed E-state index contributed by atoms with van der Waals surface area (Å²) in [6.07, 6.45) is 2.68. The zero-order chi connectivity index (χ0) is 11.8. The van der Waals surface area contributed by atoms with Gasteiger partial charge in [0.1, 0.15) is 6.33 Å². The number of aromatic nitrogens is 3. The van der Waals surface area contributed by atoms with Crippen LogP contribution < -0.4 is 5.32 Å². The number of fused-ring (bicyclic) bond motifs is 1. The van der Waals surface area contributed by atoms with Crippen LogP contribution in [-0.4, -0.2) is 44.7 Å². The van der Waals surface area contributed by atoms with Crippen molar-refractivity contribution in [2.24, 2.45) is 5.92 Å². The minimum Gasteiger partial charge on any atom is -0.333 e. The van der Waals surface area contributed by atoms with Gasteiger partial charge in [0.15, 0.2) is 5.82 Å². The number of amides is 1. The number of hydrogen-bond donors (Lipinski definition) is 1. The zero-order valence-electron chi connectivity index (χ0n) is 9.96. The van der Waals surface area contributed by atoms with Gasteiger partial charge in [-0.2, -0.15) is 0 Å². The van der Waals surface area contributed by atoms with Crippen LogP contribution in [-0.2, 0) is 17.9 Å². The van der Waals surface area contributed by atoms with E-state index in [1.807, 2.05) is 9.47 Å². The first-order valence-corrected chi connectivity index (χ1v) is 6.14. The highest BCUT2D eigenvalue weighted by atomic mass is 16.2. The van der Waals surface area contributed by atoms with Crippen molar-refractivity contribution in [1.82, 2.24) is 25.0 Å². The number of nitrogens with one attached hydrogen (secondary N) is 1. The lowest BCUT2D eigenvalue weighted by atomic mass is 10.00. The Kier molecular flexibility index (Phi) is 2.58. The van der Waals surface area contributed by atoms with Crippen LogP contribution in [0.4, 0.5) is 0 Å². The first-order chi connectivity index (χ1) is 8.25. The summed E-state index contributed by atoms with van der Waals surface area (Å²) in [5.74, 6) is 1.28. The van der Waals surface area contributed by atoms with Gasteiger partial charge in [-0.3, -0.25) is 4.79 Å². The van der Waals surface area contributed by atoms with Crippen LogP contribution in [0.1, 0.15) is 19.2 Å². The smallest absolute Gasteiger partial charge is 0.227 e. The van der Waals surface area contributed by atoms with E-state index in [9.17, 15) is 4.79 Å². The van der Waals surface area contributed by atoms with Crippen LogP contribution >= 0.6 is 0 Å². The van der Waals surface area contributed by atoms with Gasteiger partial charge in [0.2, 0.25) is 5.91 Å². The fourth-order valence-electron chi connectivity index (χ4n) is 2.69. The topological polar surface area (TPSA) is 63.1 Å². The molecule has 0 aliphatic carbocycles. The van der Waals surface area contributed by atoms with E-state index in [4.69, 9.17) is 0 Å². The van der Waals surface area contributed by atoms with Crippen LogP contribution in [0.15, 0.2) is 6.33 Å². The normalized spacial score (nSPS) is 28.2. The molecule has 0 spiro atoms. The molecule has 3 rings (SSSR count). The van der Waals surface area contributed by atoms with Crippen molar-refractivity contribution in [1.29, 1.82) is 0 Å². The predicted octanol–water partition coefficient (Wildman–Crippen LogP) is -0.382. The van der Waals surface area contributed by atoms with Gasteiger partial charge >= 0.3 is 0 Å². The molecule has 2 unspecified atom stereocenters. The fraction of sp³-hybridized carbons (Fsp3) is 0.727. The lowest BCUT2D eigenvalue weighted by Gasteiger charge is -2.30. The van der Waals surface area contributed by atoms with E-state index in [2.05, 4.69) is 22.4 Å². The summed E-state index contributed by atoms with van der Waals surface area (Å²) in [4.78, 5) is 14.3. The van der Waals surface area contributed by atoms with E-state index in [0.29, 0.717) is 12.6 Å². The Morgan fingerprint density at radius 2 is 2.41 bits per heavy atom. The Morgan fingerprint density at radius 3 is 3.18 bits per heavy atom. The predicted molar refractivity (Wildman–Crippen MR) is 61.0 cm³/mol. The van der Waals surface area contributed by atoms with E-state index >= 15 is 0 Å². The molecule has 1 fully saturated rings. The Labute approximate surface area is 100 Å². The second-order valence-corrected chi connectivity index (χ2v) is 4.84. The summed E-state index contributed by atoms with van der Waals surface area (Å²) >= 11 is 0. The third-order valence-corrected chi connectivity index (χ3v) is 3.79. The highest BCUT2D eigenvalue weighted by molar-refractivity contribution is 5.80. The highest BCUT2D eigenvalue weighted by Gasteiger charge is 2.34. The molecule has 0 aromatic carbocycles. The average molecular weight is 235 g/mol. The molecule has 1 aromatic heterocycles. The molecule has 2 aliphatic heterocycles. The lowest BCUT2D eigenvalue weighted by molar-refractivity contribution is -0.137. The van der Waals surface area contributed by atoms with Gasteiger partial charge in [0, 0.05) is 19.1 Å². The van der Waals surface area contributed by atoms with Crippen molar-refractivity contribution >= 4 is 5.91 Å². The lowest BCUT2D eigenvalue weighted by Crippen LogP contribution is -2.44. The number of hydrogen-bond acceptors (Lipinski definition) is 4. The summed E-state index contributed by atoms with van der Waals surface area (Å²) in [6.45, 7) is 5.21. The molecule has 0 bridgehead atoms. The molecule has 1 amide bonds. The first-order valence-electron chi connectivity index (χ1n) is 6.14. The van der Waals surface area contributed by atoms with E-state index in [1.165, 1.54) is 0 Å². The summed E-state index contributed by atoms with van der Waals surface area (Å²) in [6, 6.07) is 0.294. The van der Waals surface area contributed by atoms with E-state index < -0.39 is 0 Å². The fourth-order valence-corrected chi connectivity index (χ4v) is 2.69. The average Bonchev–Trinajstić information content (AvgIpc) is 2.95. The van der Waals surface area contributed by atoms with Gasteiger partial charge in [0.25, 0.3) is 0 Å². The quantitative estimate of drug-likeness (QED) is 0.720. The summed E-state index contributed by atoms with van der Waals surface area (Å²) < 4.78 is 2.01. The van der Waals surface area contributed by atoms with Crippen LogP contribution in [0.2, 0.25) is 0 Å². The molecule has 2 atom stereocenters. The van der Waals surface area contributed by atoms with Crippen molar-refractivity contribution in [2.75, 3.05) is 13.1 Å². The van der Waals surface area contributed by atoms with Crippen molar-refractivity contribution in [3.63, 3.8) is 0 Å². The molecule has 2 aliphatic rings. The number of carbonyl (C=O) groups excluding carboxylic acids is 1. The maximum Gasteiger partial charge on any atom is 0.227 e. The summed E-state index contributed by atoms with van der Waals surface area (Å²) in [5.41, 5.74) is 0. The zero-order valence-corrected chi connectivity index (χ0v) is 9.96.